The lowest BCUT2D eigenvalue weighted by atomic mass is 10.00. The number of thiophene rings is 1. The number of hydrogen-bond donors (Lipinski definition) is 0. The number of benzene rings is 1. The van der Waals surface area contributed by atoms with Gasteiger partial charge in [0.05, 0.1) is 5.69 Å². The summed E-state index contributed by atoms with van der Waals surface area (Å²) in [7, 11) is 0. The van der Waals surface area contributed by atoms with E-state index in [-0.39, 0.29) is 23.8 Å². The fourth-order valence-corrected chi connectivity index (χ4v) is 4.32. The number of pyridine rings is 1. The second kappa shape index (κ2) is 8.67. The SMILES string of the molecule is CC(=O)c1c(-c2cccc(Br)n2)csc1CC(=O)CCc1ccc(F)cc1. The first-order valence-corrected chi connectivity index (χ1v) is 10.1. The Balaban J connectivity index is 1.75. The predicted octanol–water partition coefficient (Wildman–Crippen LogP) is 5.66. The molecule has 0 aliphatic heterocycles. The van der Waals surface area contributed by atoms with Gasteiger partial charge in [0, 0.05) is 34.2 Å². The second-order valence-electron chi connectivity index (χ2n) is 6.19. The lowest BCUT2D eigenvalue weighted by Crippen LogP contribution is -2.07. The minimum atomic E-state index is -0.288. The van der Waals surface area contributed by atoms with Crippen LogP contribution in [-0.2, 0) is 17.6 Å². The Kier molecular flexibility index (Phi) is 6.29. The van der Waals surface area contributed by atoms with Gasteiger partial charge in [-0.15, -0.1) is 11.3 Å². The van der Waals surface area contributed by atoms with Gasteiger partial charge in [-0.2, -0.15) is 0 Å². The highest BCUT2D eigenvalue weighted by Gasteiger charge is 2.20. The molecule has 1 aromatic carbocycles. The number of Topliss-reactive ketones (excluding diaryl/α,β-unsaturated/α-hetero) is 2. The number of hydrogen-bond acceptors (Lipinski definition) is 4. The van der Waals surface area contributed by atoms with Crippen LogP contribution >= 0.6 is 27.3 Å². The average molecular weight is 446 g/mol. The van der Waals surface area contributed by atoms with Crippen molar-refractivity contribution in [2.75, 3.05) is 0 Å². The third-order valence-electron chi connectivity index (χ3n) is 4.17. The van der Waals surface area contributed by atoms with Crippen molar-refractivity contribution in [3.05, 3.63) is 74.3 Å². The molecule has 3 nitrogen and oxygen atoms in total. The summed E-state index contributed by atoms with van der Waals surface area (Å²) in [6.07, 6.45) is 1.13. The molecule has 138 valence electrons. The zero-order chi connectivity index (χ0) is 19.4. The predicted molar refractivity (Wildman–Crippen MR) is 109 cm³/mol. The summed E-state index contributed by atoms with van der Waals surface area (Å²) < 4.78 is 13.6. The largest absolute Gasteiger partial charge is 0.299 e. The lowest BCUT2D eigenvalue weighted by Gasteiger charge is -2.05. The third kappa shape index (κ3) is 4.96. The van der Waals surface area contributed by atoms with Gasteiger partial charge in [-0.25, -0.2) is 9.37 Å². The van der Waals surface area contributed by atoms with Crippen LogP contribution in [0.3, 0.4) is 0 Å². The van der Waals surface area contributed by atoms with Crippen LogP contribution < -0.4 is 0 Å². The van der Waals surface area contributed by atoms with Gasteiger partial charge in [0.25, 0.3) is 0 Å². The molecule has 0 fully saturated rings. The Morgan fingerprint density at radius 2 is 1.89 bits per heavy atom. The van der Waals surface area contributed by atoms with Crippen molar-refractivity contribution in [1.82, 2.24) is 4.98 Å². The van der Waals surface area contributed by atoms with E-state index in [4.69, 9.17) is 0 Å². The minimum absolute atomic E-state index is 0.0532. The number of rotatable bonds is 7. The zero-order valence-corrected chi connectivity index (χ0v) is 17.1. The molecular weight excluding hydrogens is 429 g/mol. The van der Waals surface area contributed by atoms with Gasteiger partial charge in [0.15, 0.2) is 5.78 Å². The molecule has 2 aromatic heterocycles. The van der Waals surface area contributed by atoms with Crippen LogP contribution in [0.2, 0.25) is 0 Å². The first kappa shape index (κ1) is 19.6. The number of nitrogens with zero attached hydrogens (tertiary/aromatic N) is 1. The van der Waals surface area contributed by atoms with Crippen LogP contribution in [0.5, 0.6) is 0 Å². The van der Waals surface area contributed by atoms with Crippen molar-refractivity contribution in [3.8, 4) is 11.3 Å². The number of ketones is 2. The van der Waals surface area contributed by atoms with Crippen LogP contribution in [-0.4, -0.2) is 16.6 Å². The van der Waals surface area contributed by atoms with Crippen molar-refractivity contribution in [2.24, 2.45) is 0 Å². The molecule has 0 saturated heterocycles. The Hall–Kier alpha value is -2.18. The monoisotopic (exact) mass is 445 g/mol. The van der Waals surface area contributed by atoms with Gasteiger partial charge in [-0.05, 0) is 59.1 Å². The topological polar surface area (TPSA) is 47.0 Å². The Morgan fingerprint density at radius 1 is 1.15 bits per heavy atom. The number of carbonyl (C=O) groups excluding carboxylic acids is 2. The van der Waals surface area contributed by atoms with E-state index in [0.717, 1.165) is 16.0 Å². The average Bonchev–Trinajstić information content (AvgIpc) is 3.05. The number of halogens is 2. The highest BCUT2D eigenvalue weighted by Crippen LogP contribution is 2.32. The van der Waals surface area contributed by atoms with E-state index in [1.165, 1.54) is 30.4 Å². The molecule has 0 atom stereocenters. The summed E-state index contributed by atoms with van der Waals surface area (Å²) in [5.41, 5.74) is 2.95. The summed E-state index contributed by atoms with van der Waals surface area (Å²) in [5, 5.41) is 1.88. The maximum Gasteiger partial charge on any atom is 0.161 e. The molecule has 6 heteroatoms. The summed E-state index contributed by atoms with van der Waals surface area (Å²) in [6, 6.07) is 11.7. The number of carbonyl (C=O) groups is 2. The Morgan fingerprint density at radius 3 is 2.56 bits per heavy atom. The van der Waals surface area contributed by atoms with Crippen molar-refractivity contribution in [2.45, 2.75) is 26.2 Å². The number of aromatic nitrogens is 1. The first-order chi connectivity index (χ1) is 12.9. The molecule has 27 heavy (non-hydrogen) atoms. The summed E-state index contributed by atoms with van der Waals surface area (Å²) in [6.45, 7) is 1.51. The maximum atomic E-state index is 13.0. The summed E-state index contributed by atoms with van der Waals surface area (Å²) >= 11 is 4.76. The first-order valence-electron chi connectivity index (χ1n) is 8.44. The third-order valence-corrected chi connectivity index (χ3v) is 5.60. The quantitative estimate of drug-likeness (QED) is 0.348. The van der Waals surface area contributed by atoms with Crippen molar-refractivity contribution in [1.29, 1.82) is 0 Å². The molecule has 3 rings (SSSR count). The minimum Gasteiger partial charge on any atom is -0.299 e. The van der Waals surface area contributed by atoms with Crippen LogP contribution in [0.1, 0.15) is 34.1 Å². The van der Waals surface area contributed by atoms with Gasteiger partial charge in [0.1, 0.15) is 16.2 Å². The van der Waals surface area contributed by atoms with E-state index in [9.17, 15) is 14.0 Å². The maximum absolute atomic E-state index is 13.0. The second-order valence-corrected chi connectivity index (χ2v) is 7.97. The van der Waals surface area contributed by atoms with Crippen molar-refractivity contribution in [3.63, 3.8) is 0 Å². The van der Waals surface area contributed by atoms with Crippen molar-refractivity contribution < 1.29 is 14.0 Å². The van der Waals surface area contributed by atoms with Gasteiger partial charge < -0.3 is 0 Å². The van der Waals surface area contributed by atoms with E-state index in [2.05, 4.69) is 20.9 Å². The van der Waals surface area contributed by atoms with Crippen LogP contribution in [0.25, 0.3) is 11.3 Å². The standard InChI is InChI=1S/C21H17BrFNO2S/c1-13(25)21-17(18-3-2-4-20(22)24-18)12-27-19(21)11-16(26)10-7-14-5-8-15(23)9-6-14/h2-6,8-9,12H,7,10-11H2,1H3. The number of aryl methyl sites for hydroxylation is 1. The molecule has 0 unspecified atom stereocenters. The zero-order valence-electron chi connectivity index (χ0n) is 14.7. The van der Waals surface area contributed by atoms with Gasteiger partial charge in [-0.3, -0.25) is 9.59 Å². The van der Waals surface area contributed by atoms with Crippen LogP contribution in [0.4, 0.5) is 4.39 Å². The highest BCUT2D eigenvalue weighted by atomic mass is 79.9. The summed E-state index contributed by atoms with van der Waals surface area (Å²) in [5.74, 6) is -0.310. The van der Waals surface area contributed by atoms with Crippen molar-refractivity contribution >= 4 is 38.8 Å². The Bertz CT molecular complexity index is 982. The summed E-state index contributed by atoms with van der Waals surface area (Å²) in [4.78, 5) is 29.8. The molecule has 0 N–H and O–H groups in total. The van der Waals surface area contributed by atoms with E-state index in [1.54, 1.807) is 12.1 Å². The fraction of sp³-hybridized carbons (Fsp3) is 0.190. The van der Waals surface area contributed by atoms with E-state index >= 15 is 0 Å². The molecule has 0 spiro atoms. The fourth-order valence-electron chi connectivity index (χ4n) is 2.86. The van der Waals surface area contributed by atoms with Gasteiger partial charge in [0.2, 0.25) is 0 Å². The molecule has 0 aliphatic rings. The molecule has 0 bridgehead atoms. The molecule has 3 aromatic rings. The smallest absolute Gasteiger partial charge is 0.161 e. The molecule has 2 heterocycles. The lowest BCUT2D eigenvalue weighted by molar-refractivity contribution is -0.118. The molecular formula is C21H17BrFNO2S. The van der Waals surface area contributed by atoms with Gasteiger partial charge >= 0.3 is 0 Å². The normalized spacial score (nSPS) is 10.8. The van der Waals surface area contributed by atoms with Crippen LogP contribution in [0.15, 0.2) is 52.4 Å². The van der Waals surface area contributed by atoms with E-state index in [1.807, 2.05) is 23.6 Å². The van der Waals surface area contributed by atoms with E-state index in [0.29, 0.717) is 28.7 Å². The molecule has 0 amide bonds. The van der Waals surface area contributed by atoms with Gasteiger partial charge in [-0.1, -0.05) is 18.2 Å². The molecule has 0 radical (unpaired) electrons. The van der Waals surface area contributed by atoms with Crippen LogP contribution in [0, 0.1) is 5.82 Å². The molecule has 0 saturated carbocycles. The Labute approximate surface area is 169 Å². The molecule has 0 aliphatic carbocycles. The highest BCUT2D eigenvalue weighted by molar-refractivity contribution is 9.10. The van der Waals surface area contributed by atoms with E-state index < -0.39 is 0 Å².